The van der Waals surface area contributed by atoms with Crippen molar-refractivity contribution >= 4 is 39.3 Å². The van der Waals surface area contributed by atoms with Crippen molar-refractivity contribution in [2.45, 2.75) is 30.8 Å². The maximum atomic E-state index is 13.9. The Labute approximate surface area is 249 Å². The zero-order valence-corrected chi connectivity index (χ0v) is 24.7. The Morgan fingerprint density at radius 2 is 1.75 bits per heavy atom. The van der Waals surface area contributed by atoms with Crippen LogP contribution in [0.5, 0.6) is 0 Å². The van der Waals surface area contributed by atoms with E-state index >= 15 is 0 Å². The number of anilines is 2. The van der Waals surface area contributed by atoms with Crippen LogP contribution in [0.15, 0.2) is 53.6 Å². The first-order chi connectivity index (χ1) is 20.5. The molecule has 2 aromatic heterocycles. The lowest BCUT2D eigenvalue weighted by Crippen LogP contribution is -2.40. The molecule has 4 aromatic rings. The quantitative estimate of drug-likeness (QED) is 0.230. The van der Waals surface area contributed by atoms with E-state index in [1.807, 2.05) is 0 Å². The molecule has 0 aliphatic carbocycles. The molecule has 5 rings (SSSR count). The molecule has 0 bridgehead atoms. The third-order valence-corrected chi connectivity index (χ3v) is 9.39. The van der Waals surface area contributed by atoms with Crippen LogP contribution in [0, 0.1) is 11.6 Å². The highest BCUT2D eigenvalue weighted by Crippen LogP contribution is 2.44. The van der Waals surface area contributed by atoms with Crippen LogP contribution >= 0.6 is 0 Å². The van der Waals surface area contributed by atoms with E-state index in [0.717, 1.165) is 4.31 Å². The van der Waals surface area contributed by atoms with E-state index in [-0.39, 0.29) is 40.4 Å². The summed E-state index contributed by atoms with van der Waals surface area (Å²) < 4.78 is 57.1. The van der Waals surface area contributed by atoms with Crippen LogP contribution in [0.2, 0.25) is 0 Å². The SMILES string of the molecule is CN(C)c1cc(C(N)=O)c(C(=O)Nc2n[nH]c3c2CN(S(=O)(=O)c2cc(F)cc(F)c2)C3(C)C)cc1-n1cccc1C(=O)O. The molecule has 2 aromatic carbocycles. The van der Waals surface area contributed by atoms with Gasteiger partial charge >= 0.3 is 5.97 Å². The van der Waals surface area contributed by atoms with Gasteiger partial charge in [-0.1, -0.05) is 0 Å². The van der Waals surface area contributed by atoms with Gasteiger partial charge in [-0.2, -0.15) is 9.40 Å². The minimum atomic E-state index is -4.42. The fourth-order valence-electron chi connectivity index (χ4n) is 5.24. The maximum Gasteiger partial charge on any atom is 0.352 e. The molecule has 0 spiro atoms. The number of halogens is 2. The molecule has 2 amide bonds. The zero-order valence-electron chi connectivity index (χ0n) is 23.8. The molecule has 16 heteroatoms. The number of rotatable bonds is 8. The number of hydrogen-bond donors (Lipinski definition) is 4. The molecular formula is C28H27F2N7O6S. The topological polar surface area (TPSA) is 184 Å². The van der Waals surface area contributed by atoms with Crippen LogP contribution in [0.1, 0.15) is 56.3 Å². The Bertz CT molecular complexity index is 1950. The Kier molecular flexibility index (Phi) is 7.29. The number of aromatic nitrogens is 3. The predicted molar refractivity (Wildman–Crippen MR) is 154 cm³/mol. The van der Waals surface area contributed by atoms with Gasteiger partial charge in [-0.05, 0) is 50.2 Å². The van der Waals surface area contributed by atoms with Gasteiger partial charge in [0.05, 0.1) is 38.6 Å². The molecule has 0 saturated heterocycles. The third kappa shape index (κ3) is 4.97. The number of aromatic amines is 1. The summed E-state index contributed by atoms with van der Waals surface area (Å²) in [6.45, 7) is 2.81. The number of sulfonamides is 1. The van der Waals surface area contributed by atoms with E-state index in [0.29, 0.717) is 29.6 Å². The molecular weight excluding hydrogens is 600 g/mol. The van der Waals surface area contributed by atoms with Crippen molar-refractivity contribution in [2.75, 3.05) is 24.3 Å². The van der Waals surface area contributed by atoms with Crippen LogP contribution in [-0.2, 0) is 22.1 Å². The molecule has 0 saturated carbocycles. The standard InChI is InChI=1S/C28H27F2N7O6S/c1-28(2)23-19(13-37(28)44(42,43)16-9-14(29)8-15(30)10-16)25(34-33-23)32-26(39)18-12-22(36-7-5-6-20(36)27(40)41)21(35(3)4)11-17(18)24(31)38/h5-12H,13H2,1-4H3,(H2,31,38)(H,40,41)(H2,32,33,34,39). The minimum absolute atomic E-state index is 0.0537. The average Bonchev–Trinajstić information content (AvgIpc) is 3.63. The van der Waals surface area contributed by atoms with Gasteiger partial charge in [-0.25, -0.2) is 22.0 Å². The van der Waals surface area contributed by atoms with Gasteiger partial charge in [0.15, 0.2) is 5.82 Å². The van der Waals surface area contributed by atoms with E-state index in [9.17, 15) is 36.7 Å². The lowest BCUT2D eigenvalue weighted by Gasteiger charge is -2.30. The fraction of sp³-hybridized carbons (Fsp3) is 0.214. The summed E-state index contributed by atoms with van der Waals surface area (Å²) in [4.78, 5) is 39.0. The Balaban J connectivity index is 1.55. The van der Waals surface area contributed by atoms with Gasteiger partial charge in [0.2, 0.25) is 15.9 Å². The van der Waals surface area contributed by atoms with Crippen LogP contribution < -0.4 is 16.0 Å². The number of hydrogen-bond acceptors (Lipinski definition) is 7. The first-order valence-corrected chi connectivity index (χ1v) is 14.4. The number of amides is 2. The van der Waals surface area contributed by atoms with Crippen molar-refractivity contribution in [3.8, 4) is 5.69 Å². The summed E-state index contributed by atoms with van der Waals surface area (Å²) in [5.74, 6) is -5.16. The number of carbonyl (C=O) groups excluding carboxylic acids is 2. The molecule has 0 atom stereocenters. The second-order valence-electron chi connectivity index (χ2n) is 10.8. The fourth-order valence-corrected chi connectivity index (χ4v) is 7.01. The van der Waals surface area contributed by atoms with E-state index < -0.39 is 49.9 Å². The summed E-state index contributed by atoms with van der Waals surface area (Å²) >= 11 is 0. The zero-order chi connectivity index (χ0) is 32.3. The normalized spacial score (nSPS) is 14.3. The third-order valence-electron chi connectivity index (χ3n) is 7.39. The van der Waals surface area contributed by atoms with Gasteiger partial charge < -0.3 is 25.6 Å². The monoisotopic (exact) mass is 627 g/mol. The van der Waals surface area contributed by atoms with Crippen molar-refractivity contribution in [1.29, 1.82) is 0 Å². The number of H-pyrrole nitrogens is 1. The number of carboxylic acid groups (broad SMARTS) is 1. The lowest BCUT2D eigenvalue weighted by molar-refractivity contribution is 0.0687. The smallest absolute Gasteiger partial charge is 0.352 e. The molecule has 1 aliphatic rings. The molecule has 0 radical (unpaired) electrons. The number of carbonyl (C=O) groups is 3. The number of fused-ring (bicyclic) bond motifs is 1. The Morgan fingerprint density at radius 1 is 1.09 bits per heavy atom. The summed E-state index contributed by atoms with van der Waals surface area (Å²) in [5.41, 5.74) is 5.16. The molecule has 0 fully saturated rings. The van der Waals surface area contributed by atoms with Gasteiger partial charge in [-0.3, -0.25) is 14.7 Å². The molecule has 3 heterocycles. The summed E-state index contributed by atoms with van der Waals surface area (Å²) in [6, 6.07) is 7.55. The number of benzene rings is 2. The van der Waals surface area contributed by atoms with Crippen LogP contribution in [0.25, 0.3) is 5.69 Å². The van der Waals surface area contributed by atoms with E-state index in [1.54, 1.807) is 32.8 Å². The van der Waals surface area contributed by atoms with Crippen LogP contribution in [0.4, 0.5) is 20.3 Å². The molecule has 44 heavy (non-hydrogen) atoms. The Hall–Kier alpha value is -5.09. The van der Waals surface area contributed by atoms with Gasteiger partial charge in [0, 0.05) is 38.5 Å². The second kappa shape index (κ2) is 10.6. The highest BCUT2D eigenvalue weighted by molar-refractivity contribution is 7.89. The van der Waals surface area contributed by atoms with E-state index in [2.05, 4.69) is 15.5 Å². The number of nitrogens with two attached hydrogens (primary N) is 1. The lowest BCUT2D eigenvalue weighted by atomic mass is 10.0. The predicted octanol–water partition coefficient (Wildman–Crippen LogP) is 3.03. The maximum absolute atomic E-state index is 13.9. The summed E-state index contributed by atoms with van der Waals surface area (Å²) in [6.07, 6.45) is 1.49. The molecule has 0 unspecified atom stereocenters. The first kappa shape index (κ1) is 30.4. The number of aromatic carboxylic acids is 1. The average molecular weight is 628 g/mol. The van der Waals surface area contributed by atoms with Gasteiger partial charge in [0.1, 0.15) is 17.3 Å². The highest BCUT2D eigenvalue weighted by Gasteiger charge is 2.48. The van der Waals surface area contributed by atoms with Crippen LogP contribution in [-0.4, -0.2) is 64.5 Å². The van der Waals surface area contributed by atoms with Gasteiger partial charge in [-0.15, -0.1) is 0 Å². The largest absolute Gasteiger partial charge is 0.477 e. The first-order valence-electron chi connectivity index (χ1n) is 13.0. The second-order valence-corrected chi connectivity index (χ2v) is 12.6. The van der Waals surface area contributed by atoms with Crippen LogP contribution in [0.3, 0.4) is 0 Å². The molecule has 1 aliphatic heterocycles. The summed E-state index contributed by atoms with van der Waals surface area (Å²) in [7, 11) is -1.09. The molecule has 13 nitrogen and oxygen atoms in total. The molecule has 5 N–H and O–H groups in total. The molecule has 230 valence electrons. The van der Waals surface area contributed by atoms with Crippen molar-refractivity contribution in [1.82, 2.24) is 19.1 Å². The van der Waals surface area contributed by atoms with Crippen molar-refractivity contribution < 1.29 is 36.7 Å². The van der Waals surface area contributed by atoms with Crippen molar-refractivity contribution in [3.05, 3.63) is 88.4 Å². The number of nitrogens with one attached hydrogen (secondary N) is 2. The van der Waals surface area contributed by atoms with Crippen molar-refractivity contribution in [2.24, 2.45) is 5.73 Å². The number of nitrogens with zero attached hydrogens (tertiary/aromatic N) is 4. The van der Waals surface area contributed by atoms with E-state index in [4.69, 9.17) is 5.73 Å². The van der Waals surface area contributed by atoms with Gasteiger partial charge in [0.25, 0.3) is 5.91 Å². The highest BCUT2D eigenvalue weighted by atomic mass is 32.2. The van der Waals surface area contributed by atoms with Crippen molar-refractivity contribution in [3.63, 3.8) is 0 Å². The Morgan fingerprint density at radius 3 is 2.34 bits per heavy atom. The summed E-state index contributed by atoms with van der Waals surface area (Å²) in [5, 5.41) is 19.1. The number of primary amides is 1. The van der Waals surface area contributed by atoms with E-state index in [1.165, 1.54) is 35.0 Å². The minimum Gasteiger partial charge on any atom is -0.477 e. The number of carboxylic acids is 1.